The van der Waals surface area contributed by atoms with Gasteiger partial charge in [-0.1, -0.05) is 23.2 Å². The van der Waals surface area contributed by atoms with E-state index in [0.29, 0.717) is 6.07 Å². The fraction of sp³-hybridized carbons (Fsp3) is 0. The van der Waals surface area contributed by atoms with Crippen LogP contribution < -0.4 is 5.73 Å². The Morgan fingerprint density at radius 3 is 1.77 bits per heavy atom. The van der Waals surface area contributed by atoms with Crippen molar-refractivity contribution < 1.29 is 22.5 Å². The molecule has 4 nitrogen and oxygen atoms in total. The van der Waals surface area contributed by atoms with Crippen LogP contribution in [-0.2, 0) is 0 Å². The monoisotopic (exact) mass is 356 g/mol. The molecule has 0 atom stereocenters. The van der Waals surface area contributed by atoms with Gasteiger partial charge < -0.3 is 5.73 Å². The minimum absolute atomic E-state index is 0.115. The average molecular weight is 357 g/mol. The van der Waals surface area contributed by atoms with Gasteiger partial charge in [-0.3, -0.25) is 10.1 Å². The zero-order valence-corrected chi connectivity index (χ0v) is 11.9. The minimum atomic E-state index is -1.32. The highest BCUT2D eigenvalue weighted by Crippen LogP contribution is 2.23. The summed E-state index contributed by atoms with van der Waals surface area (Å²) in [7, 11) is 0. The Bertz CT molecular complexity index is 682. The third-order valence-corrected chi connectivity index (χ3v) is 2.74. The average Bonchev–Trinajstić information content (AvgIpc) is 2.42. The van der Waals surface area contributed by atoms with Gasteiger partial charge in [-0.05, 0) is 12.1 Å². The van der Waals surface area contributed by atoms with Crippen molar-refractivity contribution in [1.29, 1.82) is 0 Å². The second kappa shape index (κ2) is 7.28. The van der Waals surface area contributed by atoms with E-state index in [-0.39, 0.29) is 10.7 Å². The van der Waals surface area contributed by atoms with E-state index in [1.54, 1.807) is 0 Å². The highest BCUT2D eigenvalue weighted by molar-refractivity contribution is 6.31. The van der Waals surface area contributed by atoms with Gasteiger partial charge >= 0.3 is 0 Å². The Balaban J connectivity index is 0.000000224. The lowest BCUT2D eigenvalue weighted by molar-refractivity contribution is -0.385. The molecule has 0 aliphatic heterocycles. The van der Waals surface area contributed by atoms with Crippen LogP contribution in [0.1, 0.15) is 0 Å². The summed E-state index contributed by atoms with van der Waals surface area (Å²) in [5, 5.41) is 9.18. The van der Waals surface area contributed by atoms with Gasteiger partial charge in [0.05, 0.1) is 21.0 Å². The molecule has 0 saturated carbocycles. The molecule has 0 amide bonds. The third kappa shape index (κ3) is 4.47. The summed E-state index contributed by atoms with van der Waals surface area (Å²) in [6, 6.07) is 3.25. The second-order valence-corrected chi connectivity index (χ2v) is 4.59. The molecule has 118 valence electrons. The lowest BCUT2D eigenvalue weighted by atomic mass is 10.3. The van der Waals surface area contributed by atoms with Gasteiger partial charge in [-0.15, -0.1) is 0 Å². The van der Waals surface area contributed by atoms with Crippen LogP contribution in [0.3, 0.4) is 0 Å². The standard InChI is InChI=1S/C6H2ClF2NO2.C6H4ClF2N/c7-4-1-3(10(11)12)2-5(8)6(4)9;7-4-1-3(10)2-5(8)6(4)9/h1-2H;1-2H,10H2. The Kier molecular flexibility index (Phi) is 5.95. The summed E-state index contributed by atoms with van der Waals surface area (Å²) < 4.78 is 49.5. The van der Waals surface area contributed by atoms with E-state index in [1.807, 2.05) is 0 Å². The van der Waals surface area contributed by atoms with Crippen LogP contribution in [0.15, 0.2) is 24.3 Å². The number of non-ortho nitro benzene ring substituents is 1. The topological polar surface area (TPSA) is 69.2 Å². The Morgan fingerprint density at radius 2 is 1.36 bits per heavy atom. The second-order valence-electron chi connectivity index (χ2n) is 3.78. The molecule has 2 N–H and O–H groups in total. The number of hydrogen-bond donors (Lipinski definition) is 1. The number of nitrogens with zero attached hydrogens (tertiary/aromatic N) is 1. The largest absolute Gasteiger partial charge is 0.399 e. The number of nitrogen functional groups attached to an aromatic ring is 1. The highest BCUT2D eigenvalue weighted by Gasteiger charge is 2.14. The molecule has 0 bridgehead atoms. The molecule has 22 heavy (non-hydrogen) atoms. The molecule has 2 rings (SSSR count). The molecule has 0 saturated heterocycles. The van der Waals surface area contributed by atoms with Gasteiger partial charge in [0.2, 0.25) is 0 Å². The fourth-order valence-electron chi connectivity index (χ4n) is 1.22. The predicted octanol–water partition coefficient (Wildman–Crippen LogP) is 4.73. The van der Waals surface area contributed by atoms with Crippen molar-refractivity contribution >= 4 is 34.6 Å². The van der Waals surface area contributed by atoms with Gasteiger partial charge in [0.25, 0.3) is 5.69 Å². The first-order chi connectivity index (χ1) is 10.1. The van der Waals surface area contributed by atoms with Crippen molar-refractivity contribution in [2.75, 3.05) is 5.73 Å². The number of anilines is 1. The van der Waals surface area contributed by atoms with Crippen LogP contribution in [0, 0.1) is 33.4 Å². The lowest BCUT2D eigenvalue weighted by Crippen LogP contribution is -1.92. The van der Waals surface area contributed by atoms with E-state index in [9.17, 15) is 27.7 Å². The predicted molar refractivity (Wildman–Crippen MR) is 73.8 cm³/mol. The quantitative estimate of drug-likeness (QED) is 0.264. The SMILES string of the molecule is Nc1cc(F)c(F)c(Cl)c1.O=[N+]([O-])c1cc(F)c(F)c(Cl)c1. The van der Waals surface area contributed by atoms with Gasteiger partial charge in [0.15, 0.2) is 23.3 Å². The number of rotatable bonds is 1. The smallest absolute Gasteiger partial charge is 0.274 e. The summed E-state index contributed by atoms with van der Waals surface area (Å²) in [6.45, 7) is 0. The molecule has 0 spiro atoms. The molecule has 0 unspecified atom stereocenters. The first-order valence-electron chi connectivity index (χ1n) is 5.32. The van der Waals surface area contributed by atoms with Crippen LogP contribution in [0.2, 0.25) is 10.0 Å². The van der Waals surface area contributed by atoms with Crippen molar-refractivity contribution in [3.05, 3.63) is 67.7 Å². The zero-order chi connectivity index (χ0) is 17.0. The van der Waals surface area contributed by atoms with E-state index in [2.05, 4.69) is 0 Å². The third-order valence-electron chi connectivity index (χ3n) is 2.19. The van der Waals surface area contributed by atoms with E-state index < -0.39 is 38.9 Å². The summed E-state index contributed by atoms with van der Waals surface area (Å²) in [6.07, 6.45) is 0. The first-order valence-corrected chi connectivity index (χ1v) is 6.08. The Labute approximate surface area is 131 Å². The molecule has 2 aromatic rings. The van der Waals surface area contributed by atoms with E-state index >= 15 is 0 Å². The van der Waals surface area contributed by atoms with Crippen LogP contribution in [0.25, 0.3) is 0 Å². The Morgan fingerprint density at radius 1 is 0.909 bits per heavy atom. The van der Waals surface area contributed by atoms with Gasteiger partial charge in [0, 0.05) is 11.8 Å². The molecule has 0 fully saturated rings. The molecule has 0 aliphatic rings. The fourth-order valence-corrected chi connectivity index (χ4v) is 1.64. The summed E-state index contributed by atoms with van der Waals surface area (Å²) in [5.41, 5.74) is 4.68. The molecular formula is C12H6Cl2F4N2O2. The minimum Gasteiger partial charge on any atom is -0.399 e. The number of nitrogens with two attached hydrogens (primary N) is 1. The zero-order valence-electron chi connectivity index (χ0n) is 10.4. The molecular weight excluding hydrogens is 351 g/mol. The number of benzene rings is 2. The normalized spacial score (nSPS) is 9.91. The van der Waals surface area contributed by atoms with Crippen molar-refractivity contribution in [3.8, 4) is 0 Å². The Hall–Kier alpha value is -2.06. The maximum absolute atomic E-state index is 12.4. The van der Waals surface area contributed by atoms with Gasteiger partial charge in [0.1, 0.15) is 0 Å². The number of nitro groups is 1. The van der Waals surface area contributed by atoms with E-state index in [4.69, 9.17) is 28.9 Å². The molecule has 0 radical (unpaired) electrons. The van der Waals surface area contributed by atoms with Crippen molar-refractivity contribution in [3.63, 3.8) is 0 Å². The van der Waals surface area contributed by atoms with Gasteiger partial charge in [-0.25, -0.2) is 17.6 Å². The summed E-state index contributed by atoms with van der Waals surface area (Å²) in [5.74, 6) is -4.68. The van der Waals surface area contributed by atoms with Crippen LogP contribution in [-0.4, -0.2) is 4.92 Å². The molecule has 2 aromatic carbocycles. The maximum atomic E-state index is 12.4. The van der Waals surface area contributed by atoms with Crippen molar-refractivity contribution in [2.24, 2.45) is 0 Å². The van der Waals surface area contributed by atoms with Crippen molar-refractivity contribution in [2.45, 2.75) is 0 Å². The van der Waals surface area contributed by atoms with Crippen LogP contribution >= 0.6 is 23.2 Å². The summed E-state index contributed by atoms with van der Waals surface area (Å²) in [4.78, 5) is 9.22. The molecule has 0 aliphatic carbocycles. The first kappa shape index (κ1) is 18.0. The molecule has 10 heteroatoms. The van der Waals surface area contributed by atoms with Crippen LogP contribution in [0.4, 0.5) is 28.9 Å². The number of nitro benzene ring substituents is 1. The van der Waals surface area contributed by atoms with Crippen molar-refractivity contribution in [1.82, 2.24) is 0 Å². The highest BCUT2D eigenvalue weighted by atomic mass is 35.5. The maximum Gasteiger partial charge on any atom is 0.274 e. The van der Waals surface area contributed by atoms with E-state index in [1.165, 1.54) is 0 Å². The lowest BCUT2D eigenvalue weighted by Gasteiger charge is -1.96. The summed E-state index contributed by atoms with van der Waals surface area (Å²) >= 11 is 10.4. The van der Waals surface area contributed by atoms with Gasteiger partial charge in [-0.2, -0.15) is 0 Å². The molecule has 0 heterocycles. The van der Waals surface area contributed by atoms with Crippen LogP contribution in [0.5, 0.6) is 0 Å². The number of hydrogen-bond acceptors (Lipinski definition) is 3. The molecule has 0 aromatic heterocycles. The number of halogens is 6. The van der Waals surface area contributed by atoms with E-state index in [0.717, 1.165) is 18.2 Å².